The van der Waals surface area contributed by atoms with E-state index in [1.54, 1.807) is 24.3 Å². The molecular formula is C15H11F2N. The highest BCUT2D eigenvalue weighted by atomic mass is 19.1. The summed E-state index contributed by atoms with van der Waals surface area (Å²) in [4.78, 5) is 0. The molecule has 0 aliphatic rings. The van der Waals surface area contributed by atoms with Gasteiger partial charge in [-0.25, -0.2) is 8.78 Å². The van der Waals surface area contributed by atoms with Crippen LogP contribution in [0.2, 0.25) is 0 Å². The van der Waals surface area contributed by atoms with E-state index in [1.807, 2.05) is 16.8 Å². The average molecular weight is 243 g/mol. The molecule has 3 heteroatoms. The summed E-state index contributed by atoms with van der Waals surface area (Å²) < 4.78 is 28.3. The van der Waals surface area contributed by atoms with Crippen molar-refractivity contribution in [1.82, 2.24) is 4.57 Å². The van der Waals surface area contributed by atoms with Crippen LogP contribution in [0.1, 0.15) is 5.56 Å². The highest BCUT2D eigenvalue weighted by Crippen LogP contribution is 2.20. The van der Waals surface area contributed by atoms with Gasteiger partial charge in [-0.2, -0.15) is 0 Å². The average Bonchev–Trinajstić information content (AvgIpc) is 2.77. The first-order chi connectivity index (χ1) is 8.74. The third-order valence-electron chi connectivity index (χ3n) is 3.03. The zero-order valence-electron chi connectivity index (χ0n) is 9.61. The van der Waals surface area contributed by atoms with E-state index in [9.17, 15) is 8.78 Å². The Morgan fingerprint density at radius 1 is 0.889 bits per heavy atom. The van der Waals surface area contributed by atoms with E-state index < -0.39 is 0 Å². The topological polar surface area (TPSA) is 4.93 Å². The summed E-state index contributed by atoms with van der Waals surface area (Å²) in [6.45, 7) is 0.604. The molecule has 18 heavy (non-hydrogen) atoms. The van der Waals surface area contributed by atoms with E-state index in [1.165, 1.54) is 18.2 Å². The Hall–Kier alpha value is -2.16. The minimum absolute atomic E-state index is 0.217. The van der Waals surface area contributed by atoms with E-state index in [-0.39, 0.29) is 11.6 Å². The number of benzene rings is 2. The summed E-state index contributed by atoms with van der Waals surface area (Å²) in [5.74, 6) is -0.465. The summed E-state index contributed by atoms with van der Waals surface area (Å²) >= 11 is 0. The van der Waals surface area contributed by atoms with Gasteiger partial charge in [0.1, 0.15) is 11.6 Å². The molecule has 0 saturated heterocycles. The number of aromatic nitrogens is 1. The molecule has 0 N–H and O–H groups in total. The normalized spacial score (nSPS) is 11.0. The lowest BCUT2D eigenvalue weighted by molar-refractivity contribution is 0.626. The number of rotatable bonds is 2. The van der Waals surface area contributed by atoms with Gasteiger partial charge < -0.3 is 4.57 Å². The standard InChI is InChI=1S/C15H11F2N/c16-12-6-4-11(5-7-12)10-18-9-8-13-14(17)2-1-3-15(13)18/h1-9H,10H2. The van der Waals surface area contributed by atoms with Crippen LogP contribution in [0.5, 0.6) is 0 Å². The van der Waals surface area contributed by atoms with Crippen LogP contribution in [0.4, 0.5) is 8.78 Å². The Kier molecular flexibility index (Phi) is 2.59. The van der Waals surface area contributed by atoms with Crippen LogP contribution in [0.15, 0.2) is 54.7 Å². The lowest BCUT2D eigenvalue weighted by Crippen LogP contribution is -1.97. The molecule has 1 aromatic heterocycles. The minimum Gasteiger partial charge on any atom is -0.343 e. The fourth-order valence-corrected chi connectivity index (χ4v) is 2.11. The zero-order chi connectivity index (χ0) is 12.5. The molecule has 0 aliphatic heterocycles. The molecule has 0 bridgehead atoms. The van der Waals surface area contributed by atoms with Crippen molar-refractivity contribution in [3.05, 3.63) is 71.9 Å². The summed E-state index contributed by atoms with van der Waals surface area (Å²) in [7, 11) is 0. The van der Waals surface area contributed by atoms with Gasteiger partial charge in [-0.15, -0.1) is 0 Å². The Bertz CT molecular complexity index is 683. The van der Waals surface area contributed by atoms with Crippen LogP contribution in [0.3, 0.4) is 0 Å². The van der Waals surface area contributed by atoms with Gasteiger partial charge in [0.05, 0.1) is 5.52 Å². The van der Waals surface area contributed by atoms with Gasteiger partial charge in [0.15, 0.2) is 0 Å². The minimum atomic E-state index is -0.248. The second kappa shape index (κ2) is 4.26. The maximum absolute atomic E-state index is 13.5. The van der Waals surface area contributed by atoms with Crippen molar-refractivity contribution < 1.29 is 8.78 Å². The van der Waals surface area contributed by atoms with E-state index in [4.69, 9.17) is 0 Å². The summed E-state index contributed by atoms with van der Waals surface area (Å²) in [6, 6.07) is 13.1. The predicted octanol–water partition coefficient (Wildman–Crippen LogP) is 3.97. The van der Waals surface area contributed by atoms with Gasteiger partial charge >= 0.3 is 0 Å². The molecule has 1 nitrogen and oxygen atoms in total. The van der Waals surface area contributed by atoms with Crippen molar-refractivity contribution in [3.8, 4) is 0 Å². The summed E-state index contributed by atoms with van der Waals surface area (Å²) in [6.07, 6.45) is 1.84. The van der Waals surface area contributed by atoms with Crippen molar-refractivity contribution in [1.29, 1.82) is 0 Å². The van der Waals surface area contributed by atoms with Crippen LogP contribution in [0, 0.1) is 11.6 Å². The van der Waals surface area contributed by atoms with Gasteiger partial charge in [-0.05, 0) is 35.9 Å². The summed E-state index contributed by atoms with van der Waals surface area (Å²) in [5, 5.41) is 0.611. The quantitative estimate of drug-likeness (QED) is 0.642. The number of halogens is 2. The van der Waals surface area contributed by atoms with Crippen molar-refractivity contribution in [3.63, 3.8) is 0 Å². The highest BCUT2D eigenvalue weighted by Gasteiger charge is 2.05. The molecule has 0 atom stereocenters. The largest absolute Gasteiger partial charge is 0.343 e. The van der Waals surface area contributed by atoms with Gasteiger partial charge in [0, 0.05) is 18.1 Å². The van der Waals surface area contributed by atoms with E-state index >= 15 is 0 Å². The highest BCUT2D eigenvalue weighted by molar-refractivity contribution is 5.80. The van der Waals surface area contributed by atoms with Crippen LogP contribution >= 0.6 is 0 Å². The maximum Gasteiger partial charge on any atom is 0.132 e. The molecule has 2 aromatic carbocycles. The molecular weight excluding hydrogens is 232 g/mol. The van der Waals surface area contributed by atoms with Gasteiger partial charge in [-0.1, -0.05) is 18.2 Å². The second-order valence-electron chi connectivity index (χ2n) is 4.24. The predicted molar refractivity (Wildman–Crippen MR) is 67.4 cm³/mol. The van der Waals surface area contributed by atoms with E-state index in [2.05, 4.69) is 0 Å². The smallest absolute Gasteiger partial charge is 0.132 e. The monoisotopic (exact) mass is 243 g/mol. The van der Waals surface area contributed by atoms with Crippen LogP contribution in [0.25, 0.3) is 10.9 Å². The first-order valence-electron chi connectivity index (χ1n) is 5.72. The number of nitrogens with zero attached hydrogens (tertiary/aromatic N) is 1. The molecule has 90 valence electrons. The Morgan fingerprint density at radius 2 is 1.67 bits per heavy atom. The SMILES string of the molecule is Fc1ccc(Cn2ccc3c(F)cccc32)cc1. The molecule has 0 radical (unpaired) electrons. The molecule has 3 rings (SSSR count). The Balaban J connectivity index is 2.00. The summed E-state index contributed by atoms with van der Waals surface area (Å²) in [5.41, 5.74) is 1.83. The Labute approximate surface area is 103 Å². The van der Waals surface area contributed by atoms with Gasteiger partial charge in [0.25, 0.3) is 0 Å². The fourth-order valence-electron chi connectivity index (χ4n) is 2.11. The third-order valence-corrected chi connectivity index (χ3v) is 3.03. The fraction of sp³-hybridized carbons (Fsp3) is 0.0667. The third kappa shape index (κ3) is 1.88. The molecule has 0 spiro atoms. The number of hydrogen-bond donors (Lipinski definition) is 0. The van der Waals surface area contributed by atoms with Crippen molar-refractivity contribution in [2.45, 2.75) is 6.54 Å². The van der Waals surface area contributed by atoms with E-state index in [0.717, 1.165) is 11.1 Å². The number of hydrogen-bond acceptors (Lipinski definition) is 0. The van der Waals surface area contributed by atoms with Crippen molar-refractivity contribution in [2.24, 2.45) is 0 Å². The van der Waals surface area contributed by atoms with Gasteiger partial charge in [-0.3, -0.25) is 0 Å². The maximum atomic E-state index is 13.5. The second-order valence-corrected chi connectivity index (χ2v) is 4.24. The van der Waals surface area contributed by atoms with Crippen molar-refractivity contribution in [2.75, 3.05) is 0 Å². The lowest BCUT2D eigenvalue weighted by atomic mass is 10.2. The Morgan fingerprint density at radius 3 is 2.44 bits per heavy atom. The zero-order valence-corrected chi connectivity index (χ0v) is 9.61. The van der Waals surface area contributed by atoms with E-state index in [0.29, 0.717) is 11.9 Å². The molecule has 0 amide bonds. The van der Waals surface area contributed by atoms with Crippen LogP contribution in [-0.2, 0) is 6.54 Å². The number of fused-ring (bicyclic) bond motifs is 1. The molecule has 0 fully saturated rings. The molecule has 0 aliphatic carbocycles. The molecule has 3 aromatic rings. The first kappa shape index (κ1) is 11.0. The van der Waals surface area contributed by atoms with Gasteiger partial charge in [0.2, 0.25) is 0 Å². The molecule has 1 heterocycles. The molecule has 0 unspecified atom stereocenters. The van der Waals surface area contributed by atoms with Crippen LogP contribution in [-0.4, -0.2) is 4.57 Å². The lowest BCUT2D eigenvalue weighted by Gasteiger charge is -2.05. The van der Waals surface area contributed by atoms with Crippen LogP contribution < -0.4 is 0 Å². The molecule has 0 saturated carbocycles. The first-order valence-corrected chi connectivity index (χ1v) is 5.72. The van der Waals surface area contributed by atoms with Crippen molar-refractivity contribution >= 4 is 10.9 Å².